The lowest BCUT2D eigenvalue weighted by atomic mass is 9.34. The minimum Gasteiger partial charge on any atom is -0.458 e. The summed E-state index contributed by atoms with van der Waals surface area (Å²) in [4.78, 5) is 4.88. The molecule has 0 aliphatic carbocycles. The molecule has 0 aromatic heterocycles. The second-order valence-corrected chi connectivity index (χ2v) is 15.2. The third-order valence-electron chi connectivity index (χ3n) is 10.1. The Labute approximate surface area is 291 Å². The van der Waals surface area contributed by atoms with Gasteiger partial charge in [-0.3, -0.25) is 0 Å². The molecule has 7 aromatic rings. The smallest absolute Gasteiger partial charge is 0.260 e. The van der Waals surface area contributed by atoms with Crippen LogP contribution in [0.1, 0.15) is 26.3 Å². The molecule has 0 saturated heterocycles. The van der Waals surface area contributed by atoms with E-state index in [-0.39, 0.29) is 12.1 Å². The molecular weight excluding hydrogens is 617 g/mol. The summed E-state index contributed by atoms with van der Waals surface area (Å²) in [5.41, 5.74) is 10.7. The Kier molecular flexibility index (Phi) is 6.16. The van der Waals surface area contributed by atoms with Crippen molar-refractivity contribution in [1.82, 2.24) is 0 Å². The molecule has 3 heterocycles. The third kappa shape index (κ3) is 4.38. The highest BCUT2D eigenvalue weighted by molar-refractivity contribution is 7.99. The van der Waals surface area contributed by atoms with Crippen molar-refractivity contribution in [3.63, 3.8) is 0 Å². The van der Waals surface area contributed by atoms with E-state index in [1.807, 2.05) is 17.8 Å². The minimum atomic E-state index is 0.0202. The van der Waals surface area contributed by atoms with Crippen molar-refractivity contribution < 1.29 is 9.47 Å². The number of para-hydroxylation sites is 2. The number of ether oxygens (including phenoxy) is 2. The highest BCUT2D eigenvalue weighted by atomic mass is 32.2. The van der Waals surface area contributed by atoms with Crippen molar-refractivity contribution in [2.45, 2.75) is 36.0 Å². The second-order valence-electron chi connectivity index (χ2n) is 14.1. The molecule has 49 heavy (non-hydrogen) atoms. The fourth-order valence-corrected chi connectivity index (χ4v) is 8.95. The number of rotatable bonds is 3. The van der Waals surface area contributed by atoms with Gasteiger partial charge in [0.25, 0.3) is 6.71 Å². The Balaban J connectivity index is 1.16. The lowest BCUT2D eigenvalue weighted by Crippen LogP contribution is -2.57. The summed E-state index contributed by atoms with van der Waals surface area (Å²) in [6.45, 7) is 6.83. The Hall–Kier alpha value is -5.39. The first-order valence-electron chi connectivity index (χ1n) is 16.9. The first kappa shape index (κ1) is 28.6. The van der Waals surface area contributed by atoms with Crippen LogP contribution < -0.4 is 30.8 Å². The lowest BCUT2D eigenvalue weighted by Gasteiger charge is -2.35. The number of benzene rings is 7. The average Bonchev–Trinajstić information content (AvgIpc) is 3.12. The van der Waals surface area contributed by atoms with Gasteiger partial charge in [-0.25, -0.2) is 0 Å². The predicted molar refractivity (Wildman–Crippen MR) is 205 cm³/mol. The Morgan fingerprint density at radius 1 is 0.551 bits per heavy atom. The maximum absolute atomic E-state index is 6.77. The number of fused-ring (bicyclic) bond motifs is 6. The average molecular weight is 650 g/mol. The van der Waals surface area contributed by atoms with Gasteiger partial charge in [-0.1, -0.05) is 105 Å². The number of hydrogen-bond donors (Lipinski definition) is 0. The molecule has 3 nitrogen and oxygen atoms in total. The first-order valence-corrected chi connectivity index (χ1v) is 17.7. The fraction of sp³-hybridized carbons (Fsp3) is 0.0909. The summed E-state index contributed by atoms with van der Waals surface area (Å²) >= 11 is 1.86. The molecule has 10 rings (SSSR count). The van der Waals surface area contributed by atoms with E-state index in [9.17, 15) is 0 Å². The van der Waals surface area contributed by atoms with Gasteiger partial charge >= 0.3 is 0 Å². The molecule has 0 N–H and O–H groups in total. The van der Waals surface area contributed by atoms with Gasteiger partial charge in [0.2, 0.25) is 0 Å². The van der Waals surface area contributed by atoms with Gasteiger partial charge in [0.15, 0.2) is 0 Å². The van der Waals surface area contributed by atoms with Crippen molar-refractivity contribution in [2.24, 2.45) is 0 Å². The van der Waals surface area contributed by atoms with E-state index in [0.717, 1.165) is 45.5 Å². The Bertz CT molecular complexity index is 2430. The molecule has 5 heteroatoms. The van der Waals surface area contributed by atoms with E-state index >= 15 is 0 Å². The molecule has 0 saturated carbocycles. The van der Waals surface area contributed by atoms with Crippen molar-refractivity contribution in [3.05, 3.63) is 145 Å². The summed E-state index contributed by atoms with van der Waals surface area (Å²) in [7, 11) is 0. The van der Waals surface area contributed by atoms with E-state index in [0.29, 0.717) is 0 Å². The van der Waals surface area contributed by atoms with Crippen LogP contribution in [0.15, 0.2) is 149 Å². The van der Waals surface area contributed by atoms with Crippen LogP contribution in [0.5, 0.6) is 23.0 Å². The van der Waals surface area contributed by atoms with Crippen LogP contribution in [-0.2, 0) is 5.41 Å². The monoisotopic (exact) mass is 649 g/mol. The maximum atomic E-state index is 6.77. The van der Waals surface area contributed by atoms with Crippen LogP contribution >= 0.6 is 11.8 Å². The molecule has 0 bridgehead atoms. The fourth-order valence-electron chi connectivity index (χ4n) is 7.78. The molecule has 3 aliphatic rings. The van der Waals surface area contributed by atoms with Crippen LogP contribution in [0.2, 0.25) is 0 Å². The zero-order valence-corrected chi connectivity index (χ0v) is 28.3. The maximum Gasteiger partial charge on any atom is 0.260 e. The minimum absolute atomic E-state index is 0.0202. The molecule has 7 aromatic carbocycles. The lowest BCUT2D eigenvalue weighted by molar-refractivity contribution is 0.464. The molecule has 3 aliphatic heterocycles. The molecular formula is C44H32BNO2S. The Morgan fingerprint density at radius 2 is 1.22 bits per heavy atom. The van der Waals surface area contributed by atoms with Gasteiger partial charge in [-0.2, -0.15) is 0 Å². The topological polar surface area (TPSA) is 21.7 Å². The standard InChI is InChI=1S/C44H32BNO2S/c1-44(2,3)27-20-23-36-33(24-27)45-34-26-41-32(25-39(34)48-38-18-11-17-37(47-36)43(38)45)30-21-22-35(31-16-10-19-40(49-41)42(30)31)46(28-12-6-4-7-13-28)29-14-8-5-9-15-29/h4-26H,1-3H3. The van der Waals surface area contributed by atoms with Crippen LogP contribution in [0.4, 0.5) is 17.1 Å². The highest BCUT2D eigenvalue weighted by Gasteiger charge is 2.41. The largest absolute Gasteiger partial charge is 0.458 e. The molecule has 0 unspecified atom stereocenters. The van der Waals surface area contributed by atoms with E-state index in [1.165, 1.54) is 48.2 Å². The molecule has 0 atom stereocenters. The predicted octanol–water partition coefficient (Wildman–Crippen LogP) is 10.5. The summed E-state index contributed by atoms with van der Waals surface area (Å²) < 4.78 is 13.3. The molecule has 0 fully saturated rings. The zero-order valence-electron chi connectivity index (χ0n) is 27.5. The highest BCUT2D eigenvalue weighted by Crippen LogP contribution is 2.52. The van der Waals surface area contributed by atoms with Crippen LogP contribution in [0.3, 0.4) is 0 Å². The van der Waals surface area contributed by atoms with Crippen molar-refractivity contribution in [1.29, 1.82) is 0 Å². The third-order valence-corrected chi connectivity index (χ3v) is 11.2. The van der Waals surface area contributed by atoms with E-state index in [2.05, 4.69) is 159 Å². The van der Waals surface area contributed by atoms with Crippen LogP contribution in [-0.4, -0.2) is 6.71 Å². The van der Waals surface area contributed by atoms with Crippen molar-refractivity contribution in [3.8, 4) is 34.1 Å². The number of nitrogens with zero attached hydrogens (tertiary/aromatic N) is 1. The van der Waals surface area contributed by atoms with Gasteiger partial charge in [0.1, 0.15) is 23.0 Å². The van der Waals surface area contributed by atoms with E-state index in [4.69, 9.17) is 9.47 Å². The molecule has 234 valence electrons. The molecule has 0 amide bonds. The molecule has 0 radical (unpaired) electrons. The normalized spacial score (nSPS) is 13.4. The number of anilines is 3. The van der Waals surface area contributed by atoms with Crippen molar-refractivity contribution in [2.75, 3.05) is 4.90 Å². The summed E-state index contributed by atoms with van der Waals surface area (Å²) in [5, 5.41) is 2.50. The SMILES string of the molecule is CC(C)(C)c1ccc2c(c1)B1c3cc4c(cc3Oc3cccc(c31)O2)-c1ccc(N(c2ccccc2)c2ccccc2)c2cccc(c12)S4. The zero-order chi connectivity index (χ0) is 32.9. The number of hydrogen-bond acceptors (Lipinski definition) is 4. The van der Waals surface area contributed by atoms with Crippen molar-refractivity contribution >= 4 is 62.7 Å². The first-order chi connectivity index (χ1) is 23.9. The van der Waals surface area contributed by atoms with E-state index in [1.54, 1.807) is 0 Å². The second kappa shape index (κ2) is 10.6. The summed E-state index contributed by atoms with van der Waals surface area (Å²) in [5.74, 6) is 3.57. The van der Waals surface area contributed by atoms with Gasteiger partial charge in [-0.05, 0) is 99.8 Å². The van der Waals surface area contributed by atoms with Crippen LogP contribution in [0, 0.1) is 0 Å². The van der Waals surface area contributed by atoms with Gasteiger partial charge in [-0.15, -0.1) is 0 Å². The summed E-state index contributed by atoms with van der Waals surface area (Å²) in [6.07, 6.45) is 0. The van der Waals surface area contributed by atoms with E-state index < -0.39 is 0 Å². The quantitative estimate of drug-likeness (QED) is 0.178. The Morgan fingerprint density at radius 3 is 1.94 bits per heavy atom. The molecule has 0 spiro atoms. The van der Waals surface area contributed by atoms with Gasteiger partial charge in [0.05, 0.1) is 5.69 Å². The van der Waals surface area contributed by atoms with Crippen LogP contribution in [0.25, 0.3) is 21.9 Å². The summed E-state index contributed by atoms with van der Waals surface area (Å²) in [6, 6.07) is 50.1. The van der Waals surface area contributed by atoms with Gasteiger partial charge < -0.3 is 14.4 Å². The van der Waals surface area contributed by atoms with Gasteiger partial charge in [0, 0.05) is 37.4 Å².